The number of alkyl halides is 4. The van der Waals surface area contributed by atoms with Crippen LogP contribution in [0.15, 0.2) is 24.3 Å². The number of ether oxygens (including phenoxy) is 1. The Balaban J connectivity index is 2.02. The highest BCUT2D eigenvalue weighted by Gasteiger charge is 2.41. The van der Waals surface area contributed by atoms with Gasteiger partial charge in [0.2, 0.25) is 0 Å². The molecule has 1 aliphatic carbocycles. The Morgan fingerprint density at radius 1 is 1.27 bits per heavy atom. The van der Waals surface area contributed by atoms with E-state index in [1.807, 2.05) is 12.2 Å². The van der Waals surface area contributed by atoms with Gasteiger partial charge in [0.15, 0.2) is 11.6 Å². The minimum Gasteiger partial charge on any atom is -0.490 e. The van der Waals surface area contributed by atoms with E-state index in [2.05, 4.69) is 0 Å². The molecular formula is C20H22Cl2F4O4. The number of carboxylic acids is 1. The van der Waals surface area contributed by atoms with E-state index >= 15 is 0 Å². The lowest BCUT2D eigenvalue weighted by atomic mass is 9.92. The van der Waals surface area contributed by atoms with Crippen molar-refractivity contribution in [2.45, 2.75) is 49.8 Å². The quantitative estimate of drug-likeness (QED) is 0.210. The van der Waals surface area contributed by atoms with E-state index < -0.39 is 46.3 Å². The molecule has 2 N–H and O–H groups in total. The van der Waals surface area contributed by atoms with Gasteiger partial charge in [-0.3, -0.25) is 4.79 Å². The van der Waals surface area contributed by atoms with Gasteiger partial charge in [0.25, 0.3) is 0 Å². The summed E-state index contributed by atoms with van der Waals surface area (Å²) in [7, 11) is 0. The summed E-state index contributed by atoms with van der Waals surface area (Å²) in [5.74, 6) is -3.36. The number of carbonyl (C=O) groups is 1. The SMILES string of the molecule is O=C(O)CCC/C=C\C[C@@H]1[C@@H](COc2cc(C(F)(F)F)cc(Cl)c2F)[C@H](O)C[C@@H]1Cl. The van der Waals surface area contributed by atoms with Gasteiger partial charge in [-0.15, -0.1) is 11.6 Å². The van der Waals surface area contributed by atoms with E-state index in [4.69, 9.17) is 33.0 Å². The number of benzene rings is 1. The van der Waals surface area contributed by atoms with Crippen molar-refractivity contribution in [1.29, 1.82) is 0 Å². The first kappa shape index (κ1) is 24.8. The van der Waals surface area contributed by atoms with Gasteiger partial charge in [-0.1, -0.05) is 23.8 Å². The summed E-state index contributed by atoms with van der Waals surface area (Å²) in [4.78, 5) is 10.5. The molecule has 168 valence electrons. The highest BCUT2D eigenvalue weighted by atomic mass is 35.5. The van der Waals surface area contributed by atoms with Crippen LogP contribution in [0, 0.1) is 17.7 Å². The first-order valence-corrected chi connectivity index (χ1v) is 10.2. The Hall–Kier alpha value is -1.51. The van der Waals surface area contributed by atoms with E-state index in [0.29, 0.717) is 31.4 Å². The van der Waals surface area contributed by atoms with Crippen molar-refractivity contribution in [2.75, 3.05) is 6.61 Å². The highest BCUT2D eigenvalue weighted by Crippen LogP contribution is 2.40. The molecule has 0 radical (unpaired) electrons. The summed E-state index contributed by atoms with van der Waals surface area (Å²) in [6.45, 7) is -0.226. The predicted octanol–water partition coefficient (Wildman–Crippen LogP) is 5.68. The van der Waals surface area contributed by atoms with Crippen LogP contribution in [0.3, 0.4) is 0 Å². The summed E-state index contributed by atoms with van der Waals surface area (Å²) in [5, 5.41) is 17.8. The van der Waals surface area contributed by atoms with Crippen LogP contribution in [0.25, 0.3) is 0 Å². The van der Waals surface area contributed by atoms with Crippen molar-refractivity contribution in [1.82, 2.24) is 0 Å². The van der Waals surface area contributed by atoms with Gasteiger partial charge in [-0.05, 0) is 43.7 Å². The third kappa shape index (κ3) is 6.75. The van der Waals surface area contributed by atoms with Gasteiger partial charge in [-0.2, -0.15) is 13.2 Å². The molecule has 1 saturated carbocycles. The molecule has 0 amide bonds. The van der Waals surface area contributed by atoms with Crippen LogP contribution in [0.4, 0.5) is 17.6 Å². The fraction of sp³-hybridized carbons (Fsp3) is 0.550. The number of allylic oxidation sites excluding steroid dienone is 2. The summed E-state index contributed by atoms with van der Waals surface area (Å²) >= 11 is 11.9. The number of hydrogen-bond donors (Lipinski definition) is 2. The fourth-order valence-electron chi connectivity index (χ4n) is 3.45. The molecule has 1 aromatic rings. The lowest BCUT2D eigenvalue weighted by Gasteiger charge is -2.23. The zero-order chi connectivity index (χ0) is 22.5. The molecule has 0 aromatic heterocycles. The maximum atomic E-state index is 14.1. The molecule has 0 spiro atoms. The van der Waals surface area contributed by atoms with Crippen LogP contribution >= 0.6 is 23.2 Å². The second kappa shape index (κ2) is 10.7. The number of aliphatic hydroxyl groups is 1. The van der Waals surface area contributed by atoms with Crippen molar-refractivity contribution < 1.29 is 37.3 Å². The van der Waals surface area contributed by atoms with Gasteiger partial charge in [-0.25, -0.2) is 4.39 Å². The lowest BCUT2D eigenvalue weighted by Crippen LogP contribution is -2.27. The number of rotatable bonds is 9. The van der Waals surface area contributed by atoms with E-state index in [9.17, 15) is 27.5 Å². The van der Waals surface area contributed by atoms with Crippen LogP contribution in [0.5, 0.6) is 5.75 Å². The number of hydrogen-bond acceptors (Lipinski definition) is 3. The van der Waals surface area contributed by atoms with E-state index in [-0.39, 0.29) is 30.7 Å². The third-order valence-corrected chi connectivity index (χ3v) is 5.84. The number of carboxylic acid groups (broad SMARTS) is 1. The topological polar surface area (TPSA) is 66.8 Å². The average molecular weight is 473 g/mol. The summed E-state index contributed by atoms with van der Waals surface area (Å²) in [6.07, 6.45) is -0.0336. The molecule has 1 aliphatic rings. The second-order valence-corrected chi connectivity index (χ2v) is 8.19. The molecule has 0 unspecified atom stereocenters. The van der Waals surface area contributed by atoms with E-state index in [0.717, 1.165) is 0 Å². The molecule has 10 heteroatoms. The van der Waals surface area contributed by atoms with E-state index in [1.165, 1.54) is 0 Å². The second-order valence-electron chi connectivity index (χ2n) is 7.22. The van der Waals surface area contributed by atoms with Crippen molar-refractivity contribution in [3.63, 3.8) is 0 Å². The van der Waals surface area contributed by atoms with Crippen molar-refractivity contribution in [3.8, 4) is 5.75 Å². The monoisotopic (exact) mass is 472 g/mol. The largest absolute Gasteiger partial charge is 0.490 e. The molecule has 30 heavy (non-hydrogen) atoms. The Bertz CT molecular complexity index is 770. The molecule has 1 fully saturated rings. The third-order valence-electron chi connectivity index (χ3n) is 5.07. The molecule has 2 rings (SSSR count). The van der Waals surface area contributed by atoms with Gasteiger partial charge >= 0.3 is 12.1 Å². The summed E-state index contributed by atoms with van der Waals surface area (Å²) < 4.78 is 58.2. The fourth-order valence-corrected chi connectivity index (χ4v) is 4.13. The van der Waals surface area contributed by atoms with Crippen molar-refractivity contribution in [3.05, 3.63) is 40.7 Å². The number of aliphatic hydroxyl groups excluding tert-OH is 1. The maximum absolute atomic E-state index is 14.1. The minimum absolute atomic E-state index is 0.0617. The predicted molar refractivity (Wildman–Crippen MR) is 104 cm³/mol. The van der Waals surface area contributed by atoms with Crippen LogP contribution in [0.2, 0.25) is 5.02 Å². The summed E-state index contributed by atoms with van der Waals surface area (Å²) in [6, 6.07) is 1.03. The first-order chi connectivity index (χ1) is 14.0. The Morgan fingerprint density at radius 2 is 1.97 bits per heavy atom. The van der Waals surface area contributed by atoms with Gasteiger partial charge in [0, 0.05) is 17.7 Å². The zero-order valence-electron chi connectivity index (χ0n) is 15.8. The number of aliphatic carboxylic acids is 1. The molecular weight excluding hydrogens is 451 g/mol. The zero-order valence-corrected chi connectivity index (χ0v) is 17.4. The first-order valence-electron chi connectivity index (χ1n) is 9.38. The molecule has 0 heterocycles. The van der Waals surface area contributed by atoms with Gasteiger partial charge in [0.05, 0.1) is 23.3 Å². The Kier molecular flexibility index (Phi) is 8.82. The molecule has 0 bridgehead atoms. The number of halogens is 6. The molecule has 0 saturated heterocycles. The standard InChI is InChI=1S/C20H22Cl2F4O4/c21-14-9-16(27)13(12(14)5-3-1-2-4-6-18(28)29)10-30-17-8-11(20(24,25)26)7-15(22)19(17)23/h1,3,7-8,12-14,16,27H,2,4-6,9-10H2,(H,28,29)/b3-1-/t12-,13-,14+,16-/m1/s1. The normalized spacial score (nSPS) is 24.5. The van der Waals surface area contributed by atoms with Gasteiger partial charge < -0.3 is 14.9 Å². The average Bonchev–Trinajstić information content (AvgIpc) is 2.90. The van der Waals surface area contributed by atoms with Crippen molar-refractivity contribution >= 4 is 29.2 Å². The van der Waals surface area contributed by atoms with Gasteiger partial charge in [0.1, 0.15) is 0 Å². The Labute approximate surface area is 181 Å². The van der Waals surface area contributed by atoms with Crippen LogP contribution in [-0.2, 0) is 11.0 Å². The number of unbranched alkanes of at least 4 members (excludes halogenated alkanes) is 1. The highest BCUT2D eigenvalue weighted by molar-refractivity contribution is 6.31. The van der Waals surface area contributed by atoms with Crippen LogP contribution in [-0.4, -0.2) is 34.3 Å². The molecule has 0 aliphatic heterocycles. The summed E-state index contributed by atoms with van der Waals surface area (Å²) in [5.41, 5.74) is -1.13. The lowest BCUT2D eigenvalue weighted by molar-refractivity contribution is -0.138. The van der Waals surface area contributed by atoms with Crippen LogP contribution < -0.4 is 4.74 Å². The molecule has 1 aromatic carbocycles. The molecule has 4 atom stereocenters. The smallest absolute Gasteiger partial charge is 0.416 e. The Morgan fingerprint density at radius 3 is 2.60 bits per heavy atom. The maximum Gasteiger partial charge on any atom is 0.416 e. The van der Waals surface area contributed by atoms with Crippen molar-refractivity contribution in [2.24, 2.45) is 11.8 Å². The van der Waals surface area contributed by atoms with Crippen LogP contribution in [0.1, 0.15) is 37.7 Å². The van der Waals surface area contributed by atoms with E-state index in [1.54, 1.807) is 0 Å². The minimum atomic E-state index is -4.71. The molecule has 4 nitrogen and oxygen atoms in total.